The van der Waals surface area contributed by atoms with E-state index in [1.54, 1.807) is 33.7 Å². The number of rotatable bonds is 4. The molecule has 2 aromatic carbocycles. The molecule has 31 heavy (non-hydrogen) atoms. The van der Waals surface area contributed by atoms with Crippen molar-refractivity contribution in [2.75, 3.05) is 5.73 Å². The lowest BCUT2D eigenvalue weighted by molar-refractivity contribution is 0.0697. The summed E-state index contributed by atoms with van der Waals surface area (Å²) in [5, 5.41) is 18.0. The van der Waals surface area contributed by atoms with Crippen molar-refractivity contribution < 1.29 is 9.90 Å². The third-order valence-corrected chi connectivity index (χ3v) is 5.72. The number of para-hydroxylation sites is 1. The quantitative estimate of drug-likeness (QED) is 0.401. The molecule has 0 aliphatic rings. The van der Waals surface area contributed by atoms with E-state index in [1.165, 1.54) is 12.1 Å². The summed E-state index contributed by atoms with van der Waals surface area (Å²) in [7, 11) is 0. The highest BCUT2D eigenvalue weighted by Gasteiger charge is 2.18. The number of carboxylic acids is 1. The average Bonchev–Trinajstić information content (AvgIpc) is 3.44. The highest BCUT2D eigenvalue weighted by molar-refractivity contribution is 9.10. The number of carbonyl (C=O) groups is 1. The van der Waals surface area contributed by atoms with Crippen molar-refractivity contribution in [3.63, 3.8) is 0 Å². The predicted molar refractivity (Wildman–Crippen MR) is 120 cm³/mol. The van der Waals surface area contributed by atoms with Gasteiger partial charge in [-0.05, 0) is 40.2 Å². The summed E-state index contributed by atoms with van der Waals surface area (Å²) in [5.74, 6) is -0.592. The zero-order chi connectivity index (χ0) is 21.5. The second-order valence-electron chi connectivity index (χ2n) is 6.84. The molecular weight excluding hydrogens is 460 g/mol. The first kappa shape index (κ1) is 19.0. The summed E-state index contributed by atoms with van der Waals surface area (Å²) in [6.45, 7) is 0. The second kappa shape index (κ2) is 7.37. The Morgan fingerprint density at radius 3 is 2.42 bits per heavy atom. The number of nitrogen functional groups attached to an aromatic ring is 1. The van der Waals surface area contributed by atoms with E-state index in [0.29, 0.717) is 21.6 Å². The fourth-order valence-electron chi connectivity index (χ4n) is 3.34. The number of aromatic nitrogens is 5. The van der Waals surface area contributed by atoms with Crippen LogP contribution in [-0.2, 0) is 0 Å². The summed E-state index contributed by atoms with van der Waals surface area (Å²) in [5.41, 5.74) is 11.0. The summed E-state index contributed by atoms with van der Waals surface area (Å²) in [6.07, 6.45) is 5.37. The van der Waals surface area contributed by atoms with Crippen LogP contribution in [-0.4, -0.2) is 35.5 Å². The Kier molecular flexibility index (Phi) is 4.52. The Morgan fingerprint density at radius 1 is 0.968 bits per heavy atom. The lowest BCUT2D eigenvalue weighted by Crippen LogP contribution is -2.04. The number of aromatic carboxylic acids is 1. The minimum atomic E-state index is -0.984. The summed E-state index contributed by atoms with van der Waals surface area (Å²) in [4.78, 5) is 15.9. The van der Waals surface area contributed by atoms with Crippen molar-refractivity contribution in [1.29, 1.82) is 0 Å². The Hall–Kier alpha value is -3.98. The molecule has 0 radical (unpaired) electrons. The van der Waals surface area contributed by atoms with Gasteiger partial charge >= 0.3 is 5.97 Å². The van der Waals surface area contributed by atoms with Gasteiger partial charge in [-0.2, -0.15) is 14.7 Å². The maximum atomic E-state index is 11.2. The number of hydrogen-bond donors (Lipinski definition) is 2. The van der Waals surface area contributed by atoms with E-state index in [1.807, 2.05) is 36.5 Å². The number of benzene rings is 2. The highest BCUT2D eigenvalue weighted by Crippen LogP contribution is 2.34. The van der Waals surface area contributed by atoms with Gasteiger partial charge in [-0.3, -0.25) is 0 Å². The van der Waals surface area contributed by atoms with Gasteiger partial charge in [-0.1, -0.05) is 30.3 Å². The fourth-order valence-corrected chi connectivity index (χ4v) is 3.83. The van der Waals surface area contributed by atoms with Crippen molar-refractivity contribution in [3.8, 4) is 28.1 Å². The number of nitrogens with zero attached hydrogens (tertiary/aromatic N) is 5. The van der Waals surface area contributed by atoms with Gasteiger partial charge in [0.25, 0.3) is 0 Å². The molecule has 3 N–H and O–H groups in total. The van der Waals surface area contributed by atoms with Crippen molar-refractivity contribution in [2.45, 2.75) is 0 Å². The first-order valence-corrected chi connectivity index (χ1v) is 10.1. The molecule has 8 nitrogen and oxygen atoms in total. The van der Waals surface area contributed by atoms with Gasteiger partial charge in [0.1, 0.15) is 5.82 Å². The molecule has 0 amide bonds. The van der Waals surface area contributed by atoms with Gasteiger partial charge < -0.3 is 10.8 Å². The van der Waals surface area contributed by atoms with E-state index in [0.717, 1.165) is 22.4 Å². The number of hydrogen-bond acceptors (Lipinski definition) is 5. The molecular formula is C22H15BrN6O2. The van der Waals surface area contributed by atoms with E-state index in [-0.39, 0.29) is 5.56 Å². The van der Waals surface area contributed by atoms with Crippen LogP contribution in [0.2, 0.25) is 0 Å². The molecule has 3 aromatic heterocycles. The number of anilines is 1. The molecule has 5 aromatic rings. The van der Waals surface area contributed by atoms with Gasteiger partial charge in [0, 0.05) is 22.9 Å². The number of carboxylic acid groups (broad SMARTS) is 1. The van der Waals surface area contributed by atoms with Crippen LogP contribution in [0.1, 0.15) is 10.4 Å². The molecule has 3 heterocycles. The van der Waals surface area contributed by atoms with E-state index in [9.17, 15) is 4.79 Å². The largest absolute Gasteiger partial charge is 0.478 e. The molecule has 0 spiro atoms. The Balaban J connectivity index is 1.63. The lowest BCUT2D eigenvalue weighted by atomic mass is 10.1. The molecule has 0 fully saturated rings. The fraction of sp³-hybridized carbons (Fsp3) is 0. The molecule has 9 heteroatoms. The van der Waals surface area contributed by atoms with Crippen molar-refractivity contribution in [1.82, 2.24) is 24.4 Å². The predicted octanol–water partition coefficient (Wildman–Crippen LogP) is 4.29. The van der Waals surface area contributed by atoms with Gasteiger partial charge in [0.15, 0.2) is 5.65 Å². The van der Waals surface area contributed by atoms with Crippen LogP contribution >= 0.6 is 15.9 Å². The summed E-state index contributed by atoms with van der Waals surface area (Å²) in [6, 6.07) is 16.3. The molecule has 0 aliphatic heterocycles. The first-order valence-electron chi connectivity index (χ1n) is 9.30. The summed E-state index contributed by atoms with van der Waals surface area (Å²) < 4.78 is 3.93. The number of nitrogens with two attached hydrogens (primary N) is 1. The van der Waals surface area contributed by atoms with Crippen LogP contribution in [0, 0.1) is 0 Å². The van der Waals surface area contributed by atoms with Crippen LogP contribution in [0.4, 0.5) is 5.82 Å². The van der Waals surface area contributed by atoms with Crippen molar-refractivity contribution in [3.05, 3.63) is 83.2 Å². The molecule has 0 bridgehead atoms. The average molecular weight is 475 g/mol. The van der Waals surface area contributed by atoms with Crippen LogP contribution in [0.5, 0.6) is 0 Å². The smallest absolute Gasteiger partial charge is 0.335 e. The first-order chi connectivity index (χ1) is 15.0. The zero-order valence-electron chi connectivity index (χ0n) is 16.0. The number of halogens is 1. The molecule has 0 unspecified atom stereocenters. The van der Waals surface area contributed by atoms with Crippen molar-refractivity contribution in [2.24, 2.45) is 0 Å². The van der Waals surface area contributed by atoms with E-state index < -0.39 is 5.97 Å². The Bertz CT molecular complexity index is 1420. The van der Waals surface area contributed by atoms with Crippen LogP contribution in [0.15, 0.2) is 77.7 Å². The third-order valence-electron chi connectivity index (χ3n) is 4.94. The maximum absolute atomic E-state index is 11.2. The normalized spacial score (nSPS) is 11.1. The van der Waals surface area contributed by atoms with Gasteiger partial charge in [0.2, 0.25) is 0 Å². The van der Waals surface area contributed by atoms with E-state index in [4.69, 9.17) is 15.8 Å². The maximum Gasteiger partial charge on any atom is 0.335 e. The zero-order valence-corrected chi connectivity index (χ0v) is 17.6. The minimum absolute atomic E-state index is 0.201. The van der Waals surface area contributed by atoms with Crippen LogP contribution in [0.25, 0.3) is 33.7 Å². The molecule has 0 saturated heterocycles. The molecule has 5 rings (SSSR count). The monoisotopic (exact) mass is 474 g/mol. The topological polar surface area (TPSA) is 111 Å². The second-order valence-corrected chi connectivity index (χ2v) is 7.64. The summed E-state index contributed by atoms with van der Waals surface area (Å²) >= 11 is 3.50. The molecule has 0 saturated carbocycles. The van der Waals surface area contributed by atoms with Crippen molar-refractivity contribution >= 4 is 33.4 Å². The Labute approximate surface area is 184 Å². The third kappa shape index (κ3) is 3.24. The van der Waals surface area contributed by atoms with E-state index >= 15 is 0 Å². The lowest BCUT2D eigenvalue weighted by Gasteiger charge is -2.09. The highest BCUT2D eigenvalue weighted by atomic mass is 79.9. The molecule has 152 valence electrons. The SMILES string of the molecule is Nc1c(Br)c(-c2ccc(C(=O)O)cc2)nc2c(-c3cnn(-c4ccccc4)c3)cnn12. The van der Waals surface area contributed by atoms with Crippen LogP contribution in [0.3, 0.4) is 0 Å². The van der Waals surface area contributed by atoms with Gasteiger partial charge in [-0.25, -0.2) is 14.5 Å². The molecule has 0 atom stereocenters. The number of fused-ring (bicyclic) bond motifs is 1. The van der Waals surface area contributed by atoms with Gasteiger partial charge in [0.05, 0.1) is 33.8 Å². The van der Waals surface area contributed by atoms with Crippen LogP contribution < -0.4 is 5.73 Å². The minimum Gasteiger partial charge on any atom is -0.478 e. The molecule has 0 aliphatic carbocycles. The Morgan fingerprint density at radius 2 is 1.71 bits per heavy atom. The van der Waals surface area contributed by atoms with Gasteiger partial charge in [-0.15, -0.1) is 0 Å². The standard InChI is InChI=1S/C22H15BrN6O2/c23-18-19(13-6-8-14(9-7-13)22(30)31)27-21-17(11-26-29(21)20(18)24)15-10-25-28(12-15)16-4-2-1-3-5-16/h1-12H,24H2,(H,30,31). The van der Waals surface area contributed by atoms with E-state index in [2.05, 4.69) is 26.1 Å².